The lowest BCUT2D eigenvalue weighted by Gasteiger charge is -2.37. The number of aryl methyl sites for hydroxylation is 1. The van der Waals surface area contributed by atoms with Gasteiger partial charge in [-0.05, 0) is 18.1 Å². The van der Waals surface area contributed by atoms with Gasteiger partial charge in [0.1, 0.15) is 6.04 Å². The van der Waals surface area contributed by atoms with E-state index >= 15 is 0 Å². The molecular weight excluding hydrogens is 200 g/mol. The summed E-state index contributed by atoms with van der Waals surface area (Å²) >= 11 is 0. The van der Waals surface area contributed by atoms with Gasteiger partial charge in [-0.15, -0.1) is 0 Å². The van der Waals surface area contributed by atoms with E-state index in [2.05, 4.69) is 32.2 Å². The summed E-state index contributed by atoms with van der Waals surface area (Å²) in [4.78, 5) is 11.4. The quantitative estimate of drug-likeness (QED) is 0.748. The standard InChI is InChI=1S/C13H18N2O/c1-8-4-5-9-10(6-8)13(2,3)7-15-11(9)12(14)16/h4-6,11,15H,7H2,1-3H3,(H2,14,16). The van der Waals surface area contributed by atoms with Gasteiger partial charge < -0.3 is 11.1 Å². The van der Waals surface area contributed by atoms with Gasteiger partial charge in [0.05, 0.1) is 0 Å². The molecule has 0 fully saturated rings. The van der Waals surface area contributed by atoms with E-state index in [1.807, 2.05) is 12.1 Å². The molecule has 3 nitrogen and oxygen atoms in total. The van der Waals surface area contributed by atoms with Gasteiger partial charge in [-0.2, -0.15) is 0 Å². The number of primary amides is 1. The Morgan fingerprint density at radius 2 is 2.19 bits per heavy atom. The molecule has 0 saturated carbocycles. The lowest BCUT2D eigenvalue weighted by atomic mass is 9.76. The number of hydrogen-bond donors (Lipinski definition) is 2. The maximum absolute atomic E-state index is 11.4. The summed E-state index contributed by atoms with van der Waals surface area (Å²) in [5.41, 5.74) is 8.93. The number of amides is 1. The highest BCUT2D eigenvalue weighted by Crippen LogP contribution is 2.34. The summed E-state index contributed by atoms with van der Waals surface area (Å²) in [6.45, 7) is 7.19. The van der Waals surface area contributed by atoms with Gasteiger partial charge in [0.15, 0.2) is 0 Å². The number of rotatable bonds is 1. The summed E-state index contributed by atoms with van der Waals surface area (Å²) in [7, 11) is 0. The molecule has 0 saturated heterocycles. The van der Waals surface area contributed by atoms with Crippen molar-refractivity contribution in [3.05, 3.63) is 34.9 Å². The van der Waals surface area contributed by atoms with Crippen molar-refractivity contribution in [1.29, 1.82) is 0 Å². The summed E-state index contributed by atoms with van der Waals surface area (Å²) in [6.07, 6.45) is 0. The summed E-state index contributed by atoms with van der Waals surface area (Å²) in [5, 5.41) is 3.21. The van der Waals surface area contributed by atoms with Gasteiger partial charge in [0.25, 0.3) is 0 Å². The van der Waals surface area contributed by atoms with Crippen LogP contribution in [0.1, 0.15) is 36.6 Å². The molecule has 86 valence electrons. The molecule has 0 radical (unpaired) electrons. The molecule has 2 rings (SSSR count). The molecule has 0 aromatic heterocycles. The smallest absolute Gasteiger partial charge is 0.239 e. The van der Waals surface area contributed by atoms with Crippen LogP contribution in [-0.2, 0) is 10.2 Å². The van der Waals surface area contributed by atoms with Crippen LogP contribution in [0.25, 0.3) is 0 Å². The molecule has 1 aromatic carbocycles. The minimum Gasteiger partial charge on any atom is -0.368 e. The second-order valence-corrected chi connectivity index (χ2v) is 5.19. The van der Waals surface area contributed by atoms with E-state index in [-0.39, 0.29) is 17.4 Å². The van der Waals surface area contributed by atoms with E-state index < -0.39 is 0 Å². The normalized spacial score (nSPS) is 22.6. The van der Waals surface area contributed by atoms with Crippen molar-refractivity contribution < 1.29 is 4.79 Å². The van der Waals surface area contributed by atoms with Gasteiger partial charge in [-0.1, -0.05) is 37.6 Å². The fraction of sp³-hybridized carbons (Fsp3) is 0.462. The van der Waals surface area contributed by atoms with E-state index in [0.29, 0.717) is 0 Å². The fourth-order valence-corrected chi connectivity index (χ4v) is 2.32. The third-order valence-corrected chi connectivity index (χ3v) is 3.28. The Balaban J connectivity index is 2.57. The highest BCUT2D eigenvalue weighted by atomic mass is 16.1. The zero-order valence-electron chi connectivity index (χ0n) is 10.0. The van der Waals surface area contributed by atoms with E-state index in [0.717, 1.165) is 12.1 Å². The minimum atomic E-state index is -0.344. The van der Waals surface area contributed by atoms with E-state index in [4.69, 9.17) is 5.73 Å². The van der Waals surface area contributed by atoms with Crippen molar-refractivity contribution in [3.8, 4) is 0 Å². The monoisotopic (exact) mass is 218 g/mol. The minimum absolute atomic E-state index is 0.0489. The van der Waals surface area contributed by atoms with Crippen molar-refractivity contribution in [2.24, 2.45) is 5.73 Å². The summed E-state index contributed by atoms with van der Waals surface area (Å²) < 4.78 is 0. The SMILES string of the molecule is Cc1ccc2c(c1)C(C)(C)CNC2C(N)=O. The van der Waals surface area contributed by atoms with Crippen molar-refractivity contribution in [3.63, 3.8) is 0 Å². The van der Waals surface area contributed by atoms with Gasteiger partial charge in [0.2, 0.25) is 5.91 Å². The number of hydrogen-bond acceptors (Lipinski definition) is 2. The Morgan fingerprint density at radius 1 is 1.50 bits per heavy atom. The van der Waals surface area contributed by atoms with E-state index in [9.17, 15) is 4.79 Å². The van der Waals surface area contributed by atoms with Gasteiger partial charge in [-0.3, -0.25) is 4.79 Å². The molecule has 1 aliphatic heterocycles. The molecule has 0 spiro atoms. The highest BCUT2D eigenvalue weighted by molar-refractivity contribution is 5.82. The molecule has 1 aromatic rings. The molecule has 1 atom stereocenters. The Kier molecular flexibility index (Phi) is 2.50. The lowest BCUT2D eigenvalue weighted by molar-refractivity contribution is -0.120. The summed E-state index contributed by atoms with van der Waals surface area (Å²) in [5.74, 6) is -0.305. The van der Waals surface area contributed by atoms with Crippen LogP contribution < -0.4 is 11.1 Å². The molecule has 1 heterocycles. The first-order valence-electron chi connectivity index (χ1n) is 5.55. The average molecular weight is 218 g/mol. The van der Waals surface area contributed by atoms with Crippen LogP contribution in [-0.4, -0.2) is 12.5 Å². The Morgan fingerprint density at radius 3 is 2.81 bits per heavy atom. The molecule has 1 unspecified atom stereocenters. The molecule has 3 N–H and O–H groups in total. The molecule has 0 aliphatic carbocycles. The van der Waals surface area contributed by atoms with Crippen LogP contribution in [0.5, 0.6) is 0 Å². The molecule has 0 bridgehead atoms. The van der Waals surface area contributed by atoms with Crippen LogP contribution in [0.3, 0.4) is 0 Å². The predicted octanol–water partition coefficient (Wildman–Crippen LogP) is 1.40. The Hall–Kier alpha value is -1.35. The number of nitrogens with one attached hydrogen (secondary N) is 1. The molecule has 16 heavy (non-hydrogen) atoms. The summed E-state index contributed by atoms with van der Waals surface area (Å²) in [6, 6.07) is 5.85. The maximum atomic E-state index is 11.4. The Labute approximate surface area is 96.0 Å². The topological polar surface area (TPSA) is 55.1 Å². The number of nitrogens with two attached hydrogens (primary N) is 1. The van der Waals surface area contributed by atoms with Crippen molar-refractivity contribution in [2.45, 2.75) is 32.2 Å². The van der Waals surface area contributed by atoms with Crippen LogP contribution in [0, 0.1) is 6.92 Å². The van der Waals surface area contributed by atoms with Crippen molar-refractivity contribution >= 4 is 5.91 Å². The van der Waals surface area contributed by atoms with Crippen LogP contribution in [0.4, 0.5) is 0 Å². The first-order valence-corrected chi connectivity index (χ1v) is 5.55. The van der Waals surface area contributed by atoms with Gasteiger partial charge in [0, 0.05) is 12.0 Å². The molecule has 1 aliphatic rings. The highest BCUT2D eigenvalue weighted by Gasteiger charge is 2.34. The number of benzene rings is 1. The average Bonchev–Trinajstić information content (AvgIpc) is 2.18. The lowest BCUT2D eigenvalue weighted by Crippen LogP contribution is -2.46. The first-order chi connectivity index (χ1) is 7.42. The van der Waals surface area contributed by atoms with Gasteiger partial charge in [-0.25, -0.2) is 0 Å². The zero-order valence-corrected chi connectivity index (χ0v) is 10.0. The fourth-order valence-electron chi connectivity index (χ4n) is 2.32. The van der Waals surface area contributed by atoms with Crippen LogP contribution in [0.2, 0.25) is 0 Å². The maximum Gasteiger partial charge on any atom is 0.239 e. The molecular formula is C13H18N2O. The zero-order chi connectivity index (χ0) is 11.9. The van der Waals surface area contributed by atoms with E-state index in [1.165, 1.54) is 11.1 Å². The van der Waals surface area contributed by atoms with E-state index in [1.54, 1.807) is 0 Å². The van der Waals surface area contributed by atoms with Crippen molar-refractivity contribution in [1.82, 2.24) is 5.32 Å². The van der Waals surface area contributed by atoms with Gasteiger partial charge >= 0.3 is 0 Å². The molecule has 3 heteroatoms. The number of carbonyl (C=O) groups is 1. The second-order valence-electron chi connectivity index (χ2n) is 5.19. The Bertz CT molecular complexity index is 438. The third kappa shape index (κ3) is 1.71. The largest absolute Gasteiger partial charge is 0.368 e. The number of fused-ring (bicyclic) bond motifs is 1. The van der Waals surface area contributed by atoms with Crippen LogP contribution in [0.15, 0.2) is 18.2 Å². The second kappa shape index (κ2) is 3.59. The third-order valence-electron chi connectivity index (χ3n) is 3.28. The molecule has 1 amide bonds. The van der Waals surface area contributed by atoms with Crippen molar-refractivity contribution in [2.75, 3.05) is 6.54 Å². The van der Waals surface area contributed by atoms with Crippen LogP contribution >= 0.6 is 0 Å². The first kappa shape index (κ1) is 11.1. The number of carbonyl (C=O) groups excluding carboxylic acids is 1. The predicted molar refractivity (Wildman–Crippen MR) is 64.1 cm³/mol.